The van der Waals surface area contributed by atoms with E-state index in [-0.39, 0.29) is 16.5 Å². The van der Waals surface area contributed by atoms with E-state index in [2.05, 4.69) is 82.0 Å². The standard InChI is InChI=1S/C34H36N2O2S/c1-6-7-11-22-23-19-24-29-27(34(4,5)16-18-36(29)17-15-33(24,2)3)30(23)38-32(37)26(22)31-35-28-21-12-9-8-10-20(21)13-14-25(28)39-31/h8-10,12-14,19H,6-7,11,15-18H2,1-5H3. The molecule has 0 saturated heterocycles. The van der Waals surface area contributed by atoms with Crippen molar-refractivity contribution in [1.29, 1.82) is 0 Å². The number of anilines is 1. The second kappa shape index (κ2) is 8.66. The van der Waals surface area contributed by atoms with Crippen molar-refractivity contribution >= 4 is 49.0 Å². The minimum absolute atomic E-state index is 0.0648. The molecule has 2 aliphatic heterocycles. The van der Waals surface area contributed by atoms with Crippen molar-refractivity contribution in [2.45, 2.75) is 77.6 Å². The van der Waals surface area contributed by atoms with E-state index in [4.69, 9.17) is 9.40 Å². The topological polar surface area (TPSA) is 46.3 Å². The number of unbranched alkanes of at least 4 members (excludes halogenated alkanes) is 1. The highest BCUT2D eigenvalue weighted by atomic mass is 32.1. The van der Waals surface area contributed by atoms with Gasteiger partial charge >= 0.3 is 5.63 Å². The van der Waals surface area contributed by atoms with Gasteiger partial charge < -0.3 is 9.32 Å². The fourth-order valence-electron chi connectivity index (χ4n) is 6.88. The summed E-state index contributed by atoms with van der Waals surface area (Å²) < 4.78 is 7.51. The lowest BCUT2D eigenvalue weighted by molar-refractivity contribution is 0.398. The van der Waals surface area contributed by atoms with E-state index < -0.39 is 0 Å². The number of nitrogens with zero attached hydrogens (tertiary/aromatic N) is 2. The van der Waals surface area contributed by atoms with E-state index in [9.17, 15) is 4.79 Å². The first kappa shape index (κ1) is 24.8. The van der Waals surface area contributed by atoms with Gasteiger partial charge in [0, 0.05) is 35.1 Å². The van der Waals surface area contributed by atoms with Crippen molar-refractivity contribution in [2.75, 3.05) is 18.0 Å². The maximum Gasteiger partial charge on any atom is 0.346 e. The molecule has 2 aliphatic rings. The molecule has 4 heterocycles. The summed E-state index contributed by atoms with van der Waals surface area (Å²) in [4.78, 5) is 21.7. The van der Waals surface area contributed by atoms with Crippen molar-refractivity contribution in [3.05, 3.63) is 69.6 Å². The number of rotatable bonds is 4. The molecule has 39 heavy (non-hydrogen) atoms. The number of hydrogen-bond donors (Lipinski definition) is 0. The summed E-state index contributed by atoms with van der Waals surface area (Å²) in [5.41, 5.74) is 7.22. The molecule has 0 fully saturated rings. The zero-order valence-electron chi connectivity index (χ0n) is 23.6. The van der Waals surface area contributed by atoms with Crippen LogP contribution >= 0.6 is 11.3 Å². The van der Waals surface area contributed by atoms with Crippen LogP contribution in [0.25, 0.3) is 42.5 Å². The Morgan fingerprint density at radius 3 is 2.56 bits per heavy atom. The third-order valence-electron chi connectivity index (χ3n) is 9.29. The smallest absolute Gasteiger partial charge is 0.346 e. The Hall–Kier alpha value is -3.18. The molecule has 0 N–H and O–H groups in total. The molecule has 200 valence electrons. The summed E-state index contributed by atoms with van der Waals surface area (Å²) in [6.07, 6.45) is 5.11. The average molecular weight is 537 g/mol. The van der Waals surface area contributed by atoms with Crippen LogP contribution in [0.2, 0.25) is 0 Å². The molecule has 0 amide bonds. The zero-order chi connectivity index (χ0) is 27.1. The quantitative estimate of drug-likeness (QED) is 0.215. The van der Waals surface area contributed by atoms with Crippen molar-refractivity contribution < 1.29 is 4.42 Å². The fourth-order valence-corrected chi connectivity index (χ4v) is 7.92. The van der Waals surface area contributed by atoms with E-state index in [1.807, 2.05) is 0 Å². The third-order valence-corrected chi connectivity index (χ3v) is 10.3. The van der Waals surface area contributed by atoms with Crippen molar-refractivity contribution in [3.8, 4) is 10.6 Å². The number of hydrogen-bond acceptors (Lipinski definition) is 5. The number of benzene rings is 3. The lowest BCUT2D eigenvalue weighted by Crippen LogP contribution is -2.44. The summed E-state index contributed by atoms with van der Waals surface area (Å²) in [6, 6.07) is 15.0. The van der Waals surface area contributed by atoms with Crippen LogP contribution in [0.15, 0.2) is 51.7 Å². The lowest BCUT2D eigenvalue weighted by atomic mass is 9.69. The lowest BCUT2D eigenvalue weighted by Gasteiger charge is -2.48. The van der Waals surface area contributed by atoms with Crippen molar-refractivity contribution in [3.63, 3.8) is 0 Å². The minimum atomic E-state index is -0.254. The van der Waals surface area contributed by atoms with Gasteiger partial charge in [0.25, 0.3) is 0 Å². The Balaban J connectivity index is 1.58. The summed E-state index contributed by atoms with van der Waals surface area (Å²) in [6.45, 7) is 13.7. The Labute approximate surface area is 233 Å². The third kappa shape index (κ3) is 3.69. The first-order chi connectivity index (χ1) is 18.7. The van der Waals surface area contributed by atoms with E-state index in [1.165, 1.54) is 22.2 Å². The van der Waals surface area contributed by atoms with Crippen LogP contribution in [0.3, 0.4) is 0 Å². The maximum absolute atomic E-state index is 14.0. The van der Waals surface area contributed by atoms with Crippen LogP contribution in [0.5, 0.6) is 0 Å². The Kier molecular flexibility index (Phi) is 5.51. The van der Waals surface area contributed by atoms with Crippen LogP contribution in [-0.2, 0) is 17.3 Å². The molecule has 0 bridgehead atoms. The van der Waals surface area contributed by atoms with Gasteiger partial charge in [-0.2, -0.15) is 0 Å². The molecule has 0 atom stereocenters. The Bertz CT molecular complexity index is 1840. The molecular formula is C34H36N2O2S. The zero-order valence-corrected chi connectivity index (χ0v) is 24.4. The molecule has 0 spiro atoms. The van der Waals surface area contributed by atoms with Crippen LogP contribution in [0.4, 0.5) is 5.69 Å². The van der Waals surface area contributed by atoms with Crippen LogP contribution in [-0.4, -0.2) is 18.1 Å². The molecule has 5 heteroatoms. The van der Waals surface area contributed by atoms with E-state index >= 15 is 0 Å². The number of thiazole rings is 1. The van der Waals surface area contributed by atoms with Gasteiger partial charge in [-0.1, -0.05) is 71.4 Å². The predicted molar refractivity (Wildman–Crippen MR) is 165 cm³/mol. The van der Waals surface area contributed by atoms with E-state index in [0.29, 0.717) is 5.56 Å². The predicted octanol–water partition coefficient (Wildman–Crippen LogP) is 8.73. The van der Waals surface area contributed by atoms with Crippen LogP contribution < -0.4 is 10.5 Å². The van der Waals surface area contributed by atoms with Gasteiger partial charge in [-0.25, -0.2) is 9.78 Å². The van der Waals surface area contributed by atoms with E-state index in [1.54, 1.807) is 11.3 Å². The molecule has 0 saturated carbocycles. The Morgan fingerprint density at radius 2 is 1.77 bits per heavy atom. The summed E-state index contributed by atoms with van der Waals surface area (Å²) >= 11 is 1.61. The molecular weight excluding hydrogens is 500 g/mol. The second-order valence-corrected chi connectivity index (χ2v) is 13.8. The van der Waals surface area contributed by atoms with Gasteiger partial charge in [-0.15, -0.1) is 11.3 Å². The molecule has 0 radical (unpaired) electrons. The van der Waals surface area contributed by atoms with Gasteiger partial charge in [0.1, 0.15) is 10.6 Å². The average Bonchev–Trinajstić information content (AvgIpc) is 3.34. The van der Waals surface area contributed by atoms with Crippen LogP contribution in [0, 0.1) is 0 Å². The molecule has 5 aromatic rings. The molecule has 7 rings (SSSR count). The SMILES string of the molecule is CCCCc1c(-c2nc3c(ccc4ccccc43)s2)c(=O)oc2c3c4c(cc12)C(C)(C)CCN4CCC3(C)C. The molecule has 4 nitrogen and oxygen atoms in total. The molecule has 0 unspecified atom stereocenters. The Morgan fingerprint density at radius 1 is 1.00 bits per heavy atom. The van der Waals surface area contributed by atoms with Gasteiger partial charge in [0.05, 0.1) is 15.8 Å². The van der Waals surface area contributed by atoms with Gasteiger partial charge in [0.15, 0.2) is 0 Å². The monoisotopic (exact) mass is 536 g/mol. The highest BCUT2D eigenvalue weighted by Crippen LogP contribution is 2.52. The summed E-state index contributed by atoms with van der Waals surface area (Å²) in [5.74, 6) is 0. The highest BCUT2D eigenvalue weighted by Gasteiger charge is 2.42. The minimum Gasteiger partial charge on any atom is -0.422 e. The fraction of sp³-hybridized carbons (Fsp3) is 0.412. The number of fused-ring (bicyclic) bond motifs is 5. The summed E-state index contributed by atoms with van der Waals surface area (Å²) in [5, 5.41) is 4.17. The summed E-state index contributed by atoms with van der Waals surface area (Å²) in [7, 11) is 0. The highest BCUT2D eigenvalue weighted by molar-refractivity contribution is 7.21. The number of aryl methyl sites for hydroxylation is 1. The maximum atomic E-state index is 14.0. The first-order valence-electron chi connectivity index (χ1n) is 14.4. The molecule has 2 aromatic heterocycles. The van der Waals surface area contributed by atoms with Crippen molar-refractivity contribution in [1.82, 2.24) is 4.98 Å². The molecule has 3 aromatic carbocycles. The second-order valence-electron chi connectivity index (χ2n) is 12.8. The normalized spacial score (nSPS) is 17.7. The van der Waals surface area contributed by atoms with E-state index in [0.717, 1.165) is 82.3 Å². The van der Waals surface area contributed by atoms with Gasteiger partial charge in [-0.05, 0) is 65.2 Å². The van der Waals surface area contributed by atoms with Crippen molar-refractivity contribution in [2.24, 2.45) is 0 Å². The largest absolute Gasteiger partial charge is 0.422 e. The van der Waals surface area contributed by atoms with Gasteiger partial charge in [0.2, 0.25) is 0 Å². The molecule has 0 aliphatic carbocycles. The van der Waals surface area contributed by atoms with Gasteiger partial charge in [-0.3, -0.25) is 0 Å². The first-order valence-corrected chi connectivity index (χ1v) is 15.2. The number of aromatic nitrogens is 1. The van der Waals surface area contributed by atoms with Crippen LogP contribution in [0.1, 0.15) is 77.0 Å².